The van der Waals surface area contributed by atoms with E-state index < -0.39 is 17.5 Å². The van der Waals surface area contributed by atoms with Gasteiger partial charge in [0.15, 0.2) is 0 Å². The van der Waals surface area contributed by atoms with Gasteiger partial charge >= 0.3 is 5.97 Å². The van der Waals surface area contributed by atoms with Gasteiger partial charge in [0.25, 0.3) is 11.8 Å². The number of rotatable bonds is 4. The zero-order chi connectivity index (χ0) is 21.5. The molecule has 1 unspecified atom stereocenters. The van der Waals surface area contributed by atoms with E-state index in [9.17, 15) is 19.2 Å². The minimum Gasteiger partial charge on any atom is -0.462 e. The summed E-state index contributed by atoms with van der Waals surface area (Å²) in [6, 6.07) is 13.1. The number of hydrogen-bond acceptors (Lipinski definition) is 5. The molecule has 0 aliphatic carbocycles. The van der Waals surface area contributed by atoms with Crippen molar-refractivity contribution in [1.82, 2.24) is 4.90 Å². The minimum atomic E-state index is -1.44. The quantitative estimate of drug-likeness (QED) is 0.786. The van der Waals surface area contributed by atoms with Crippen molar-refractivity contribution in [3.8, 4) is 0 Å². The molecule has 2 aliphatic rings. The highest BCUT2D eigenvalue weighted by molar-refractivity contribution is 6.18. The number of carbonyl (C=O) groups excluding carboxylic acids is 4. The van der Waals surface area contributed by atoms with Gasteiger partial charge < -0.3 is 15.0 Å². The first-order valence-electron chi connectivity index (χ1n) is 9.69. The number of ether oxygens (including phenoxy) is 1. The Morgan fingerprint density at radius 3 is 2.50 bits per heavy atom. The molecule has 8 nitrogen and oxygen atoms in total. The molecule has 154 valence electrons. The van der Waals surface area contributed by atoms with E-state index in [4.69, 9.17) is 4.74 Å². The average Bonchev–Trinajstić information content (AvgIpc) is 3.11. The zero-order valence-electron chi connectivity index (χ0n) is 16.7. The molecule has 1 N–H and O–H groups in total. The lowest BCUT2D eigenvalue weighted by atomic mass is 9.96. The third-order valence-electron chi connectivity index (χ3n) is 5.56. The maximum atomic E-state index is 13.4. The first-order valence-corrected chi connectivity index (χ1v) is 9.69. The zero-order valence-corrected chi connectivity index (χ0v) is 16.7. The number of hydrogen-bond donors (Lipinski definition) is 1. The predicted molar refractivity (Wildman–Crippen MR) is 109 cm³/mol. The maximum Gasteiger partial charge on any atom is 0.338 e. The van der Waals surface area contributed by atoms with Crippen molar-refractivity contribution >= 4 is 35.1 Å². The van der Waals surface area contributed by atoms with Crippen LogP contribution in [0.2, 0.25) is 0 Å². The first-order chi connectivity index (χ1) is 14.4. The van der Waals surface area contributed by atoms with Crippen LogP contribution in [-0.2, 0) is 14.3 Å². The number of fused-ring (bicyclic) bond motifs is 3. The minimum absolute atomic E-state index is 0.154. The number of para-hydroxylation sites is 1. The van der Waals surface area contributed by atoms with E-state index >= 15 is 0 Å². The van der Waals surface area contributed by atoms with E-state index in [0.717, 1.165) is 0 Å². The molecule has 0 bridgehead atoms. The Morgan fingerprint density at radius 2 is 1.80 bits per heavy atom. The Labute approximate surface area is 173 Å². The lowest BCUT2D eigenvalue weighted by Gasteiger charge is -2.47. The van der Waals surface area contributed by atoms with Crippen LogP contribution >= 0.6 is 0 Å². The molecule has 0 saturated carbocycles. The van der Waals surface area contributed by atoms with Gasteiger partial charge in [-0.05, 0) is 43.3 Å². The van der Waals surface area contributed by atoms with Crippen molar-refractivity contribution in [2.45, 2.75) is 25.4 Å². The van der Waals surface area contributed by atoms with Crippen LogP contribution in [0.4, 0.5) is 11.4 Å². The number of likely N-dealkylation sites (N-methyl/N-ethyl adjacent to an activating group) is 1. The van der Waals surface area contributed by atoms with E-state index in [1.807, 2.05) is 0 Å². The molecule has 2 aromatic carbocycles. The Balaban J connectivity index is 1.67. The van der Waals surface area contributed by atoms with Crippen molar-refractivity contribution in [1.29, 1.82) is 0 Å². The van der Waals surface area contributed by atoms with Crippen LogP contribution in [0.15, 0.2) is 48.5 Å². The monoisotopic (exact) mass is 407 g/mol. The van der Waals surface area contributed by atoms with E-state index in [1.165, 1.54) is 16.8 Å². The average molecular weight is 407 g/mol. The summed E-state index contributed by atoms with van der Waals surface area (Å²) < 4.78 is 4.96. The van der Waals surface area contributed by atoms with Crippen LogP contribution in [0.3, 0.4) is 0 Å². The highest BCUT2D eigenvalue weighted by atomic mass is 16.5. The van der Waals surface area contributed by atoms with Gasteiger partial charge in [-0.15, -0.1) is 0 Å². The summed E-state index contributed by atoms with van der Waals surface area (Å²) in [5.41, 5.74) is 0.196. The molecular weight excluding hydrogens is 386 g/mol. The molecule has 1 fully saturated rings. The summed E-state index contributed by atoms with van der Waals surface area (Å²) in [6.45, 7) is 1.99. The van der Waals surface area contributed by atoms with Crippen molar-refractivity contribution in [2.24, 2.45) is 0 Å². The molecule has 0 spiro atoms. The molecule has 3 amide bonds. The number of benzene rings is 2. The summed E-state index contributed by atoms with van der Waals surface area (Å²) in [7, 11) is 1.54. The normalized spacial score (nSPS) is 19.9. The van der Waals surface area contributed by atoms with Crippen LogP contribution in [0.5, 0.6) is 0 Å². The smallest absolute Gasteiger partial charge is 0.338 e. The highest BCUT2D eigenvalue weighted by Crippen LogP contribution is 2.44. The standard InChI is InChI=1S/C22H21N3O5/c1-3-30-20(28)14-8-10-15(11-9-14)23-21(29)22-13-12-18(26)25(22)17-7-5-4-6-16(17)19(27)24(22)2/h4-11H,3,12-13H2,1-2H3,(H,23,29). The van der Waals surface area contributed by atoms with Crippen molar-refractivity contribution in [2.75, 3.05) is 23.9 Å². The van der Waals surface area contributed by atoms with Crippen LogP contribution in [0.1, 0.15) is 40.5 Å². The Bertz CT molecular complexity index is 1050. The molecule has 4 rings (SSSR count). The molecule has 2 heterocycles. The van der Waals surface area contributed by atoms with Gasteiger partial charge in [0.1, 0.15) is 0 Å². The van der Waals surface area contributed by atoms with Gasteiger partial charge in [-0.3, -0.25) is 19.3 Å². The number of anilines is 2. The van der Waals surface area contributed by atoms with Crippen LogP contribution in [-0.4, -0.2) is 47.9 Å². The van der Waals surface area contributed by atoms with E-state index in [-0.39, 0.29) is 31.3 Å². The van der Waals surface area contributed by atoms with Gasteiger partial charge in [0.2, 0.25) is 11.6 Å². The second-order valence-corrected chi connectivity index (χ2v) is 7.18. The first kappa shape index (κ1) is 19.6. The summed E-state index contributed by atoms with van der Waals surface area (Å²) in [5, 5.41) is 2.80. The fraction of sp³-hybridized carbons (Fsp3) is 0.273. The van der Waals surface area contributed by atoms with Gasteiger partial charge in [-0.2, -0.15) is 0 Å². The summed E-state index contributed by atoms with van der Waals surface area (Å²) >= 11 is 0. The van der Waals surface area contributed by atoms with E-state index in [1.54, 1.807) is 55.5 Å². The topological polar surface area (TPSA) is 96.0 Å². The number of nitrogens with one attached hydrogen (secondary N) is 1. The molecule has 2 aliphatic heterocycles. The van der Waals surface area contributed by atoms with Crippen molar-refractivity contribution in [3.63, 3.8) is 0 Å². The Kier molecular flexibility index (Phi) is 4.77. The lowest BCUT2D eigenvalue weighted by molar-refractivity contribution is -0.128. The Hall–Kier alpha value is -3.68. The number of nitrogens with zero attached hydrogens (tertiary/aromatic N) is 2. The van der Waals surface area contributed by atoms with E-state index in [0.29, 0.717) is 22.5 Å². The largest absolute Gasteiger partial charge is 0.462 e. The van der Waals surface area contributed by atoms with E-state index in [2.05, 4.69) is 5.32 Å². The van der Waals surface area contributed by atoms with Gasteiger partial charge in [-0.25, -0.2) is 4.79 Å². The van der Waals surface area contributed by atoms with Gasteiger partial charge in [-0.1, -0.05) is 12.1 Å². The lowest BCUT2D eigenvalue weighted by Crippen LogP contribution is -2.68. The van der Waals surface area contributed by atoms with Crippen LogP contribution < -0.4 is 10.2 Å². The summed E-state index contributed by atoms with van der Waals surface area (Å²) in [6.07, 6.45) is 0.344. The fourth-order valence-electron chi connectivity index (χ4n) is 4.06. The molecule has 1 saturated heterocycles. The van der Waals surface area contributed by atoms with Crippen LogP contribution in [0.25, 0.3) is 0 Å². The number of amides is 3. The van der Waals surface area contributed by atoms with Crippen molar-refractivity contribution < 1.29 is 23.9 Å². The highest BCUT2D eigenvalue weighted by Gasteiger charge is 2.59. The summed E-state index contributed by atoms with van der Waals surface area (Å²) in [5.74, 6) is -1.46. The van der Waals surface area contributed by atoms with Crippen LogP contribution in [0, 0.1) is 0 Å². The summed E-state index contributed by atoms with van der Waals surface area (Å²) in [4.78, 5) is 53.7. The number of carbonyl (C=O) groups is 4. The third kappa shape index (κ3) is 2.83. The molecule has 0 aromatic heterocycles. The number of esters is 1. The Morgan fingerprint density at radius 1 is 1.10 bits per heavy atom. The second-order valence-electron chi connectivity index (χ2n) is 7.18. The predicted octanol–water partition coefficient (Wildman–Crippen LogP) is 2.41. The maximum absolute atomic E-state index is 13.4. The van der Waals surface area contributed by atoms with Gasteiger partial charge in [0.05, 0.1) is 23.4 Å². The molecule has 8 heteroatoms. The molecule has 1 atom stereocenters. The molecular formula is C22H21N3O5. The fourth-order valence-corrected chi connectivity index (χ4v) is 4.06. The molecule has 30 heavy (non-hydrogen) atoms. The molecule has 0 radical (unpaired) electrons. The second kappa shape index (κ2) is 7.29. The van der Waals surface area contributed by atoms with Gasteiger partial charge in [0, 0.05) is 25.6 Å². The third-order valence-corrected chi connectivity index (χ3v) is 5.56. The SMILES string of the molecule is CCOC(=O)c1ccc(NC(=O)C23CCC(=O)N2c2ccccc2C(=O)N3C)cc1. The van der Waals surface area contributed by atoms with Crippen molar-refractivity contribution in [3.05, 3.63) is 59.7 Å². The molecule has 2 aromatic rings.